The van der Waals surface area contributed by atoms with Gasteiger partial charge in [0.2, 0.25) is 0 Å². The van der Waals surface area contributed by atoms with Gasteiger partial charge < -0.3 is 10.4 Å². The highest BCUT2D eigenvalue weighted by Crippen LogP contribution is 2.20. The van der Waals surface area contributed by atoms with Gasteiger partial charge in [-0.25, -0.2) is 4.39 Å². The number of nitrogens with one attached hydrogen (secondary N) is 1. The Balaban J connectivity index is 2.07. The molecule has 0 bridgehead atoms. The number of halogens is 2. The van der Waals surface area contributed by atoms with E-state index in [-0.39, 0.29) is 22.5 Å². The van der Waals surface area contributed by atoms with E-state index in [0.717, 1.165) is 31.7 Å². The predicted octanol–water partition coefficient (Wildman–Crippen LogP) is 2.90. The second-order valence-electron chi connectivity index (χ2n) is 4.91. The third kappa shape index (κ3) is 3.67. The molecule has 2 N–H and O–H groups in total. The molecule has 1 aromatic carbocycles. The summed E-state index contributed by atoms with van der Waals surface area (Å²) in [7, 11) is 0. The number of benzene rings is 1. The van der Waals surface area contributed by atoms with E-state index in [1.807, 2.05) is 0 Å². The van der Waals surface area contributed by atoms with Crippen LogP contribution in [-0.2, 0) is 0 Å². The van der Waals surface area contributed by atoms with Gasteiger partial charge in [-0.15, -0.1) is 0 Å². The number of carbonyl (C=O) groups excluding carboxylic acids is 1. The second kappa shape index (κ2) is 6.35. The van der Waals surface area contributed by atoms with Gasteiger partial charge in [-0.2, -0.15) is 0 Å². The molecule has 19 heavy (non-hydrogen) atoms. The Morgan fingerprint density at radius 1 is 1.32 bits per heavy atom. The van der Waals surface area contributed by atoms with E-state index in [9.17, 15) is 14.3 Å². The van der Waals surface area contributed by atoms with E-state index < -0.39 is 11.9 Å². The number of carbonyl (C=O) groups is 1. The summed E-state index contributed by atoms with van der Waals surface area (Å²) < 4.78 is 12.9. The summed E-state index contributed by atoms with van der Waals surface area (Å²) in [5, 5.41) is 12.8. The summed E-state index contributed by atoms with van der Waals surface area (Å²) in [6.07, 6.45) is 3.96. The van der Waals surface area contributed by atoms with E-state index in [1.54, 1.807) is 0 Å². The monoisotopic (exact) mass is 285 g/mol. The van der Waals surface area contributed by atoms with Gasteiger partial charge in [-0.3, -0.25) is 4.79 Å². The average molecular weight is 286 g/mol. The molecule has 104 valence electrons. The fourth-order valence-electron chi connectivity index (χ4n) is 2.38. The van der Waals surface area contributed by atoms with Gasteiger partial charge in [0.05, 0.1) is 22.7 Å². The molecule has 0 saturated heterocycles. The molecule has 1 aliphatic carbocycles. The highest BCUT2D eigenvalue weighted by atomic mass is 35.5. The van der Waals surface area contributed by atoms with Gasteiger partial charge in [-0.1, -0.05) is 30.9 Å². The number of hydrogen-bond donors (Lipinski definition) is 2. The van der Waals surface area contributed by atoms with Gasteiger partial charge >= 0.3 is 0 Å². The predicted molar refractivity (Wildman–Crippen MR) is 71.8 cm³/mol. The normalized spacial score (nSPS) is 23.7. The molecule has 2 unspecified atom stereocenters. The average Bonchev–Trinajstić information content (AvgIpc) is 2.55. The molecule has 1 amide bonds. The zero-order valence-corrected chi connectivity index (χ0v) is 11.3. The fraction of sp³-hybridized carbons (Fsp3) is 0.500. The van der Waals surface area contributed by atoms with Gasteiger partial charge in [0.15, 0.2) is 0 Å². The molecular formula is C14H17ClFNO2. The summed E-state index contributed by atoms with van der Waals surface area (Å²) >= 11 is 5.85. The number of amides is 1. The highest BCUT2D eigenvalue weighted by Gasteiger charge is 2.24. The van der Waals surface area contributed by atoms with E-state index >= 15 is 0 Å². The number of aliphatic hydroxyl groups is 1. The Bertz CT molecular complexity index is 467. The molecule has 1 aromatic rings. The molecule has 0 aromatic heterocycles. The molecule has 2 atom stereocenters. The molecular weight excluding hydrogens is 269 g/mol. The Morgan fingerprint density at radius 3 is 2.79 bits per heavy atom. The molecule has 0 aliphatic heterocycles. The number of rotatable bonds is 2. The third-order valence-corrected chi connectivity index (χ3v) is 3.78. The van der Waals surface area contributed by atoms with Crippen molar-refractivity contribution in [3.8, 4) is 0 Å². The van der Waals surface area contributed by atoms with Crippen LogP contribution in [0, 0.1) is 5.82 Å². The van der Waals surface area contributed by atoms with Crippen molar-refractivity contribution >= 4 is 17.5 Å². The first-order valence-electron chi connectivity index (χ1n) is 6.52. The molecule has 5 heteroatoms. The molecule has 0 spiro atoms. The van der Waals surface area contributed by atoms with Crippen LogP contribution >= 0.6 is 11.6 Å². The second-order valence-corrected chi connectivity index (χ2v) is 5.32. The van der Waals surface area contributed by atoms with Crippen molar-refractivity contribution in [3.05, 3.63) is 34.6 Å². The Kier molecular flexibility index (Phi) is 4.77. The van der Waals surface area contributed by atoms with Gasteiger partial charge in [-0.05, 0) is 31.0 Å². The summed E-state index contributed by atoms with van der Waals surface area (Å²) in [4.78, 5) is 12.1. The van der Waals surface area contributed by atoms with Crippen molar-refractivity contribution in [3.63, 3.8) is 0 Å². The largest absolute Gasteiger partial charge is 0.391 e. The third-order valence-electron chi connectivity index (χ3n) is 3.47. The Labute approximate surface area is 116 Å². The Hall–Kier alpha value is -1.13. The van der Waals surface area contributed by atoms with E-state index in [4.69, 9.17) is 11.6 Å². The highest BCUT2D eigenvalue weighted by molar-refractivity contribution is 6.33. The van der Waals surface area contributed by atoms with Crippen LogP contribution in [0.15, 0.2) is 18.2 Å². The first-order chi connectivity index (χ1) is 9.08. The molecule has 1 aliphatic rings. The van der Waals surface area contributed by atoms with E-state index in [2.05, 4.69) is 5.32 Å². The molecule has 1 fully saturated rings. The first kappa shape index (κ1) is 14.3. The zero-order chi connectivity index (χ0) is 13.8. The molecule has 1 saturated carbocycles. The van der Waals surface area contributed by atoms with Gasteiger partial charge in [0.1, 0.15) is 5.82 Å². The lowest BCUT2D eigenvalue weighted by Crippen LogP contribution is -2.42. The quantitative estimate of drug-likeness (QED) is 0.821. The van der Waals surface area contributed by atoms with Crippen LogP contribution in [0.25, 0.3) is 0 Å². The minimum Gasteiger partial charge on any atom is -0.391 e. The summed E-state index contributed by atoms with van der Waals surface area (Å²) in [6.45, 7) is 0. The molecule has 3 nitrogen and oxygen atoms in total. The lowest BCUT2D eigenvalue weighted by atomic mass is 10.1. The lowest BCUT2D eigenvalue weighted by molar-refractivity contribution is 0.0819. The number of aliphatic hydroxyl groups excluding tert-OH is 1. The van der Waals surface area contributed by atoms with Crippen LogP contribution in [0.2, 0.25) is 5.02 Å². The van der Waals surface area contributed by atoms with E-state index in [0.29, 0.717) is 6.42 Å². The maximum absolute atomic E-state index is 12.9. The maximum Gasteiger partial charge on any atom is 0.253 e. The van der Waals surface area contributed by atoms with Gasteiger partial charge in [0, 0.05) is 0 Å². The smallest absolute Gasteiger partial charge is 0.253 e. The van der Waals surface area contributed by atoms with E-state index in [1.165, 1.54) is 12.1 Å². The molecule has 2 rings (SSSR count). The SMILES string of the molecule is O=C(NC1CCCCCC1O)c1ccc(F)cc1Cl. The van der Waals surface area contributed by atoms with Crippen LogP contribution in [0.1, 0.15) is 42.5 Å². The summed E-state index contributed by atoms with van der Waals surface area (Å²) in [5.41, 5.74) is 0.236. The summed E-state index contributed by atoms with van der Waals surface area (Å²) in [6, 6.07) is 3.41. The minimum absolute atomic E-state index is 0.0839. The minimum atomic E-state index is -0.523. The lowest BCUT2D eigenvalue weighted by Gasteiger charge is -2.22. The van der Waals surface area contributed by atoms with Crippen molar-refractivity contribution in [2.45, 2.75) is 44.2 Å². The van der Waals surface area contributed by atoms with Crippen LogP contribution in [0.3, 0.4) is 0 Å². The zero-order valence-electron chi connectivity index (χ0n) is 10.5. The van der Waals surface area contributed by atoms with Crippen molar-refractivity contribution in [1.29, 1.82) is 0 Å². The fourth-order valence-corrected chi connectivity index (χ4v) is 2.63. The van der Waals surface area contributed by atoms with Crippen LogP contribution in [0.5, 0.6) is 0 Å². The maximum atomic E-state index is 12.9. The van der Waals surface area contributed by atoms with Crippen LogP contribution < -0.4 is 5.32 Å². The number of hydrogen-bond acceptors (Lipinski definition) is 2. The van der Waals surface area contributed by atoms with Crippen molar-refractivity contribution in [2.75, 3.05) is 0 Å². The van der Waals surface area contributed by atoms with Crippen molar-refractivity contribution in [1.82, 2.24) is 5.32 Å². The standard InChI is InChI=1S/C14H17ClFNO2/c15-11-8-9(16)6-7-10(11)14(19)17-12-4-2-1-3-5-13(12)18/h6-8,12-13,18H,1-5H2,(H,17,19). The molecule has 0 heterocycles. The van der Waals surface area contributed by atoms with Crippen LogP contribution in [0.4, 0.5) is 4.39 Å². The topological polar surface area (TPSA) is 49.3 Å². The van der Waals surface area contributed by atoms with Crippen LogP contribution in [-0.4, -0.2) is 23.2 Å². The molecule has 0 radical (unpaired) electrons. The van der Waals surface area contributed by atoms with Crippen molar-refractivity contribution in [2.24, 2.45) is 0 Å². The summed E-state index contributed by atoms with van der Waals surface area (Å²) in [5.74, 6) is -0.841. The van der Waals surface area contributed by atoms with Gasteiger partial charge in [0.25, 0.3) is 5.91 Å². The first-order valence-corrected chi connectivity index (χ1v) is 6.89. The Morgan fingerprint density at radius 2 is 2.05 bits per heavy atom. The van der Waals surface area contributed by atoms with Crippen molar-refractivity contribution < 1.29 is 14.3 Å².